The fourth-order valence-corrected chi connectivity index (χ4v) is 4.98. The SMILES string of the molecule is COc1ccccc1-n1c(COc2ccccc2-c2ccccc2)nnc1S[C@@H](C(=O)NC(N)=O)C(C)C. The van der Waals surface area contributed by atoms with E-state index in [2.05, 4.69) is 15.5 Å². The number of ether oxygens (including phenoxy) is 2. The summed E-state index contributed by atoms with van der Waals surface area (Å²) >= 11 is 1.19. The van der Waals surface area contributed by atoms with Gasteiger partial charge in [-0.1, -0.05) is 86.3 Å². The number of thioether (sulfide) groups is 1. The van der Waals surface area contributed by atoms with Gasteiger partial charge >= 0.3 is 6.03 Å². The van der Waals surface area contributed by atoms with Crippen molar-refractivity contribution in [2.45, 2.75) is 30.9 Å². The van der Waals surface area contributed by atoms with Gasteiger partial charge < -0.3 is 15.2 Å². The van der Waals surface area contributed by atoms with Crippen molar-refractivity contribution in [2.24, 2.45) is 11.7 Å². The van der Waals surface area contributed by atoms with E-state index in [1.165, 1.54) is 11.8 Å². The lowest BCUT2D eigenvalue weighted by Gasteiger charge is -2.20. The third-order valence-corrected chi connectivity index (χ3v) is 7.19. The zero-order valence-electron chi connectivity index (χ0n) is 21.3. The summed E-state index contributed by atoms with van der Waals surface area (Å²) in [6.07, 6.45) is 0. The van der Waals surface area contributed by atoms with E-state index in [0.717, 1.165) is 11.1 Å². The second-order valence-electron chi connectivity index (χ2n) is 8.69. The second-order valence-corrected chi connectivity index (χ2v) is 9.80. The molecule has 0 fully saturated rings. The molecule has 0 unspecified atom stereocenters. The van der Waals surface area contributed by atoms with Crippen LogP contribution in [0.2, 0.25) is 0 Å². The molecule has 3 amide bonds. The van der Waals surface area contributed by atoms with Crippen LogP contribution in [0.25, 0.3) is 16.8 Å². The van der Waals surface area contributed by atoms with Crippen LogP contribution in [0.4, 0.5) is 4.79 Å². The van der Waals surface area contributed by atoms with Crippen LogP contribution >= 0.6 is 11.8 Å². The van der Waals surface area contributed by atoms with Crippen LogP contribution in [0, 0.1) is 5.92 Å². The third kappa shape index (κ3) is 6.15. The predicted molar refractivity (Wildman–Crippen MR) is 146 cm³/mol. The molecule has 0 bridgehead atoms. The van der Waals surface area contributed by atoms with Gasteiger partial charge in [-0.05, 0) is 29.7 Å². The maximum absolute atomic E-state index is 12.7. The molecule has 196 valence electrons. The molecule has 0 aliphatic rings. The largest absolute Gasteiger partial charge is 0.495 e. The van der Waals surface area contributed by atoms with Crippen molar-refractivity contribution in [3.05, 3.63) is 84.7 Å². The van der Waals surface area contributed by atoms with E-state index in [1.807, 2.05) is 97.3 Å². The maximum atomic E-state index is 12.7. The number of nitrogens with one attached hydrogen (secondary N) is 1. The molecule has 1 aromatic heterocycles. The van der Waals surface area contributed by atoms with Gasteiger partial charge in [-0.25, -0.2) is 4.79 Å². The maximum Gasteiger partial charge on any atom is 0.318 e. The first-order valence-corrected chi connectivity index (χ1v) is 12.9. The molecular weight excluding hydrogens is 502 g/mol. The Hall–Kier alpha value is -4.31. The molecule has 10 heteroatoms. The summed E-state index contributed by atoms with van der Waals surface area (Å²) in [5.41, 5.74) is 7.87. The van der Waals surface area contributed by atoms with Crippen LogP contribution in [-0.4, -0.2) is 39.1 Å². The number of methoxy groups -OCH3 is 1. The van der Waals surface area contributed by atoms with Crippen LogP contribution in [0.5, 0.6) is 11.5 Å². The molecule has 9 nitrogen and oxygen atoms in total. The highest BCUT2D eigenvalue weighted by Gasteiger charge is 2.29. The Bertz CT molecular complexity index is 1410. The van der Waals surface area contributed by atoms with E-state index >= 15 is 0 Å². The summed E-state index contributed by atoms with van der Waals surface area (Å²) in [5, 5.41) is 10.8. The molecule has 4 aromatic rings. The van der Waals surface area contributed by atoms with Crippen molar-refractivity contribution in [1.29, 1.82) is 0 Å². The fourth-order valence-electron chi connectivity index (χ4n) is 3.92. The van der Waals surface area contributed by atoms with Crippen LogP contribution in [0.1, 0.15) is 19.7 Å². The second kappa shape index (κ2) is 12.3. The number of nitrogens with zero attached hydrogens (tertiary/aromatic N) is 3. The van der Waals surface area contributed by atoms with Gasteiger partial charge in [-0.2, -0.15) is 0 Å². The van der Waals surface area contributed by atoms with E-state index in [-0.39, 0.29) is 12.5 Å². The lowest BCUT2D eigenvalue weighted by atomic mass is 10.1. The first kappa shape index (κ1) is 26.7. The number of carbonyl (C=O) groups is 2. The van der Waals surface area contributed by atoms with E-state index in [9.17, 15) is 9.59 Å². The molecule has 0 spiro atoms. The topological polar surface area (TPSA) is 121 Å². The Morgan fingerprint density at radius 3 is 2.29 bits per heavy atom. The number of urea groups is 1. The molecule has 1 heterocycles. The van der Waals surface area contributed by atoms with E-state index in [4.69, 9.17) is 15.2 Å². The molecule has 0 aliphatic carbocycles. The van der Waals surface area contributed by atoms with Crippen LogP contribution in [0.15, 0.2) is 84.0 Å². The molecule has 0 saturated carbocycles. The van der Waals surface area contributed by atoms with Gasteiger partial charge in [0.15, 0.2) is 11.0 Å². The van der Waals surface area contributed by atoms with Crippen molar-refractivity contribution < 1.29 is 19.1 Å². The van der Waals surface area contributed by atoms with Crippen molar-refractivity contribution in [3.8, 4) is 28.3 Å². The molecule has 3 aromatic carbocycles. The lowest BCUT2D eigenvalue weighted by Crippen LogP contribution is -2.42. The van der Waals surface area contributed by atoms with Crippen molar-refractivity contribution in [1.82, 2.24) is 20.1 Å². The number of para-hydroxylation sites is 3. The standard InChI is InChI=1S/C28H29N5O4S/c1-18(2)25(26(34)30-27(29)35)38-28-32-31-24(33(28)21-14-8-10-16-23(21)36-3)17-37-22-15-9-7-13-20(22)19-11-5-4-6-12-19/h4-16,18,25H,17H2,1-3H3,(H3,29,30,34,35)/t25-/m1/s1. The summed E-state index contributed by atoms with van der Waals surface area (Å²) in [6, 6.07) is 24.3. The van der Waals surface area contributed by atoms with Gasteiger partial charge in [0.25, 0.3) is 0 Å². The highest BCUT2D eigenvalue weighted by Crippen LogP contribution is 2.34. The Balaban J connectivity index is 1.71. The first-order valence-electron chi connectivity index (χ1n) is 12.0. The summed E-state index contributed by atoms with van der Waals surface area (Å²) in [6.45, 7) is 3.87. The third-order valence-electron chi connectivity index (χ3n) is 5.70. The molecule has 1 atom stereocenters. The number of nitrogens with two attached hydrogens (primary N) is 1. The minimum Gasteiger partial charge on any atom is -0.495 e. The van der Waals surface area contributed by atoms with E-state index in [1.54, 1.807) is 7.11 Å². The Labute approximate surface area is 225 Å². The smallest absolute Gasteiger partial charge is 0.318 e. The minimum absolute atomic E-state index is 0.106. The average Bonchev–Trinajstić information content (AvgIpc) is 3.32. The van der Waals surface area contributed by atoms with E-state index < -0.39 is 17.2 Å². The zero-order chi connectivity index (χ0) is 27.1. The van der Waals surface area contributed by atoms with Gasteiger partial charge in [-0.15, -0.1) is 10.2 Å². The molecule has 0 radical (unpaired) electrons. The fraction of sp³-hybridized carbons (Fsp3) is 0.214. The van der Waals surface area contributed by atoms with Crippen molar-refractivity contribution >= 4 is 23.7 Å². The number of imide groups is 1. The van der Waals surface area contributed by atoms with Gasteiger partial charge in [0.05, 0.1) is 18.0 Å². The summed E-state index contributed by atoms with van der Waals surface area (Å²) in [4.78, 5) is 24.1. The number of aromatic nitrogens is 3. The number of benzene rings is 3. The number of carbonyl (C=O) groups excluding carboxylic acids is 2. The molecular formula is C28H29N5O4S. The predicted octanol–water partition coefficient (Wildman–Crippen LogP) is 4.83. The highest BCUT2D eigenvalue weighted by atomic mass is 32.2. The number of rotatable bonds is 10. The van der Waals surface area contributed by atoms with Crippen molar-refractivity contribution in [3.63, 3.8) is 0 Å². The monoisotopic (exact) mass is 531 g/mol. The van der Waals surface area contributed by atoms with Gasteiger partial charge in [0.2, 0.25) is 5.91 Å². The summed E-state index contributed by atoms with van der Waals surface area (Å²) in [5.74, 6) is 1.19. The molecule has 4 rings (SSSR count). The van der Waals surface area contributed by atoms with Gasteiger partial charge in [0.1, 0.15) is 18.1 Å². The Morgan fingerprint density at radius 1 is 0.947 bits per heavy atom. The Morgan fingerprint density at radius 2 is 1.61 bits per heavy atom. The number of hydrogen-bond acceptors (Lipinski definition) is 7. The number of amides is 3. The van der Waals surface area contributed by atoms with Gasteiger partial charge in [-0.3, -0.25) is 14.7 Å². The zero-order valence-corrected chi connectivity index (χ0v) is 22.1. The van der Waals surface area contributed by atoms with Crippen LogP contribution in [0.3, 0.4) is 0 Å². The van der Waals surface area contributed by atoms with Crippen LogP contribution in [-0.2, 0) is 11.4 Å². The minimum atomic E-state index is -0.904. The highest BCUT2D eigenvalue weighted by molar-refractivity contribution is 8.00. The number of primary amides is 1. The van der Waals surface area contributed by atoms with Gasteiger partial charge in [0, 0.05) is 5.56 Å². The molecule has 0 aliphatic heterocycles. The Kier molecular flexibility index (Phi) is 8.65. The number of hydrogen-bond donors (Lipinski definition) is 2. The normalized spacial score (nSPS) is 11.7. The lowest BCUT2D eigenvalue weighted by molar-refractivity contribution is -0.120. The van der Waals surface area contributed by atoms with Crippen molar-refractivity contribution in [2.75, 3.05) is 7.11 Å². The molecule has 0 saturated heterocycles. The quantitative estimate of drug-likeness (QED) is 0.281. The summed E-state index contributed by atoms with van der Waals surface area (Å²) < 4.78 is 13.7. The van der Waals surface area contributed by atoms with Crippen LogP contribution < -0.4 is 20.5 Å². The van der Waals surface area contributed by atoms with E-state index in [0.29, 0.717) is 28.2 Å². The molecule has 3 N–H and O–H groups in total. The molecule has 38 heavy (non-hydrogen) atoms. The first-order chi connectivity index (χ1) is 18.4. The average molecular weight is 532 g/mol. The summed E-state index contributed by atoms with van der Waals surface area (Å²) in [7, 11) is 1.58.